The number of methoxy groups -OCH3 is 1. The highest BCUT2D eigenvalue weighted by Gasteiger charge is 2.02. The van der Waals surface area contributed by atoms with Crippen molar-refractivity contribution in [2.75, 3.05) is 19.4 Å². The Hall–Kier alpha value is -1.22. The Kier molecular flexibility index (Phi) is 8.07. The van der Waals surface area contributed by atoms with E-state index in [1.54, 1.807) is 7.11 Å². The number of benzene rings is 1. The average Bonchev–Trinajstić information content (AvgIpc) is 2.43. The molecule has 0 saturated heterocycles. The number of ether oxygens (including phenoxy) is 1. The first-order valence-corrected chi connectivity index (χ1v) is 7.41. The van der Waals surface area contributed by atoms with Crippen LogP contribution in [0, 0.1) is 0 Å². The molecular formula is C16H28N2O. The molecule has 1 rings (SSSR count). The minimum atomic E-state index is 0.747. The van der Waals surface area contributed by atoms with Gasteiger partial charge >= 0.3 is 0 Å². The quantitative estimate of drug-likeness (QED) is 0.500. The van der Waals surface area contributed by atoms with Gasteiger partial charge in [0, 0.05) is 23.9 Å². The molecule has 0 amide bonds. The third kappa shape index (κ3) is 6.48. The van der Waals surface area contributed by atoms with E-state index < -0.39 is 0 Å². The van der Waals surface area contributed by atoms with Crippen LogP contribution < -0.4 is 15.8 Å². The van der Waals surface area contributed by atoms with Gasteiger partial charge in [0.15, 0.2) is 0 Å². The molecule has 0 atom stereocenters. The van der Waals surface area contributed by atoms with Gasteiger partial charge in [0.1, 0.15) is 5.75 Å². The monoisotopic (exact) mass is 264 g/mol. The highest BCUT2D eigenvalue weighted by molar-refractivity contribution is 5.48. The topological polar surface area (TPSA) is 47.3 Å². The van der Waals surface area contributed by atoms with Crippen molar-refractivity contribution in [3.8, 4) is 5.75 Å². The standard InChI is InChI=1S/C16H28N2O/c1-3-4-5-6-7-8-11-18-13-14-9-10-15(17)12-16(14)19-2/h9-10,12,18H,3-8,11,13,17H2,1-2H3. The molecule has 3 N–H and O–H groups in total. The number of nitrogen functional groups attached to an aromatic ring is 1. The van der Waals surface area contributed by atoms with Gasteiger partial charge in [0.05, 0.1) is 7.11 Å². The minimum absolute atomic E-state index is 0.747. The number of rotatable bonds is 10. The number of hydrogen-bond donors (Lipinski definition) is 2. The van der Waals surface area contributed by atoms with Crippen molar-refractivity contribution < 1.29 is 4.74 Å². The van der Waals surface area contributed by atoms with E-state index in [-0.39, 0.29) is 0 Å². The summed E-state index contributed by atoms with van der Waals surface area (Å²) in [6.07, 6.45) is 8.00. The Morgan fingerprint density at radius 3 is 2.58 bits per heavy atom. The second-order valence-electron chi connectivity index (χ2n) is 5.02. The molecule has 1 aromatic rings. The van der Waals surface area contributed by atoms with E-state index in [0.717, 1.165) is 24.5 Å². The van der Waals surface area contributed by atoms with Crippen LogP contribution in [0.4, 0.5) is 5.69 Å². The molecule has 0 fully saturated rings. The fraction of sp³-hybridized carbons (Fsp3) is 0.625. The molecular weight excluding hydrogens is 236 g/mol. The van der Waals surface area contributed by atoms with E-state index in [1.807, 2.05) is 18.2 Å². The highest BCUT2D eigenvalue weighted by atomic mass is 16.5. The molecule has 0 heterocycles. The van der Waals surface area contributed by atoms with Crippen molar-refractivity contribution in [2.45, 2.75) is 52.0 Å². The lowest BCUT2D eigenvalue weighted by Crippen LogP contribution is -2.15. The molecule has 108 valence electrons. The van der Waals surface area contributed by atoms with Crippen molar-refractivity contribution in [3.63, 3.8) is 0 Å². The predicted molar refractivity (Wildman–Crippen MR) is 82.5 cm³/mol. The van der Waals surface area contributed by atoms with Gasteiger partial charge in [-0.2, -0.15) is 0 Å². The summed E-state index contributed by atoms with van der Waals surface area (Å²) in [5.74, 6) is 0.871. The first-order chi connectivity index (χ1) is 9.27. The maximum Gasteiger partial charge on any atom is 0.125 e. The lowest BCUT2D eigenvalue weighted by molar-refractivity contribution is 0.407. The molecule has 1 aromatic carbocycles. The van der Waals surface area contributed by atoms with Gasteiger partial charge in [-0.1, -0.05) is 45.1 Å². The molecule has 0 spiro atoms. The Balaban J connectivity index is 2.15. The van der Waals surface area contributed by atoms with Crippen molar-refractivity contribution >= 4 is 5.69 Å². The number of unbranched alkanes of at least 4 members (excludes halogenated alkanes) is 5. The number of anilines is 1. The van der Waals surface area contributed by atoms with Gasteiger partial charge in [-0.05, 0) is 19.0 Å². The van der Waals surface area contributed by atoms with Gasteiger partial charge in [0.2, 0.25) is 0 Å². The van der Waals surface area contributed by atoms with E-state index in [4.69, 9.17) is 10.5 Å². The van der Waals surface area contributed by atoms with Crippen LogP contribution in [0.15, 0.2) is 18.2 Å². The summed E-state index contributed by atoms with van der Waals surface area (Å²) in [5, 5.41) is 3.47. The smallest absolute Gasteiger partial charge is 0.125 e. The first-order valence-electron chi connectivity index (χ1n) is 7.41. The molecule has 3 heteroatoms. The second kappa shape index (κ2) is 9.68. The molecule has 0 aliphatic carbocycles. The first kappa shape index (κ1) is 15.8. The summed E-state index contributed by atoms with van der Waals surface area (Å²) in [5.41, 5.74) is 7.65. The summed E-state index contributed by atoms with van der Waals surface area (Å²) in [6.45, 7) is 4.17. The van der Waals surface area contributed by atoms with Crippen LogP contribution in [0.25, 0.3) is 0 Å². The summed E-state index contributed by atoms with van der Waals surface area (Å²) < 4.78 is 5.33. The van der Waals surface area contributed by atoms with Gasteiger partial charge in [-0.15, -0.1) is 0 Å². The van der Waals surface area contributed by atoms with Gasteiger partial charge in [-0.3, -0.25) is 0 Å². The zero-order valence-electron chi connectivity index (χ0n) is 12.4. The molecule has 0 aliphatic rings. The van der Waals surface area contributed by atoms with Crippen molar-refractivity contribution in [1.82, 2.24) is 5.32 Å². The maximum atomic E-state index is 5.74. The van der Waals surface area contributed by atoms with Crippen molar-refractivity contribution in [2.24, 2.45) is 0 Å². The third-order valence-electron chi connectivity index (χ3n) is 3.33. The van der Waals surface area contributed by atoms with E-state index in [1.165, 1.54) is 44.1 Å². The van der Waals surface area contributed by atoms with Gasteiger partial charge < -0.3 is 15.8 Å². The summed E-state index contributed by atoms with van der Waals surface area (Å²) >= 11 is 0. The normalized spacial score (nSPS) is 10.6. The zero-order chi connectivity index (χ0) is 13.9. The van der Waals surface area contributed by atoms with E-state index >= 15 is 0 Å². The Labute approximate surface area is 117 Å². The SMILES string of the molecule is CCCCCCCCNCc1ccc(N)cc1OC. The zero-order valence-corrected chi connectivity index (χ0v) is 12.4. The van der Waals surface area contributed by atoms with E-state index in [9.17, 15) is 0 Å². The van der Waals surface area contributed by atoms with Crippen molar-refractivity contribution in [1.29, 1.82) is 0 Å². The molecule has 19 heavy (non-hydrogen) atoms. The van der Waals surface area contributed by atoms with E-state index in [0.29, 0.717) is 0 Å². The fourth-order valence-corrected chi connectivity index (χ4v) is 2.16. The average molecular weight is 264 g/mol. The van der Waals surface area contributed by atoms with Crippen LogP contribution in [0.3, 0.4) is 0 Å². The summed E-state index contributed by atoms with van der Waals surface area (Å²) in [7, 11) is 1.69. The number of nitrogens with one attached hydrogen (secondary N) is 1. The summed E-state index contributed by atoms with van der Waals surface area (Å²) in [4.78, 5) is 0. The van der Waals surface area contributed by atoms with Crippen LogP contribution in [-0.4, -0.2) is 13.7 Å². The van der Waals surface area contributed by atoms with Gasteiger partial charge in [-0.25, -0.2) is 0 Å². The van der Waals surface area contributed by atoms with Crippen LogP contribution in [0.5, 0.6) is 5.75 Å². The van der Waals surface area contributed by atoms with Crippen LogP contribution >= 0.6 is 0 Å². The van der Waals surface area contributed by atoms with Crippen LogP contribution in [0.1, 0.15) is 51.0 Å². The van der Waals surface area contributed by atoms with E-state index in [2.05, 4.69) is 12.2 Å². The maximum absolute atomic E-state index is 5.74. The molecule has 0 saturated carbocycles. The second-order valence-corrected chi connectivity index (χ2v) is 5.02. The minimum Gasteiger partial charge on any atom is -0.496 e. The lowest BCUT2D eigenvalue weighted by Gasteiger charge is -2.10. The molecule has 3 nitrogen and oxygen atoms in total. The Morgan fingerprint density at radius 1 is 1.11 bits per heavy atom. The fourth-order valence-electron chi connectivity index (χ4n) is 2.16. The molecule has 0 aromatic heterocycles. The number of nitrogens with two attached hydrogens (primary N) is 1. The summed E-state index contributed by atoms with van der Waals surface area (Å²) in [6, 6.07) is 5.83. The van der Waals surface area contributed by atoms with Crippen molar-refractivity contribution in [3.05, 3.63) is 23.8 Å². The van der Waals surface area contributed by atoms with Crippen LogP contribution in [0.2, 0.25) is 0 Å². The molecule has 0 bridgehead atoms. The molecule has 0 aliphatic heterocycles. The van der Waals surface area contributed by atoms with Crippen LogP contribution in [-0.2, 0) is 6.54 Å². The predicted octanol–water partition coefficient (Wildman–Crippen LogP) is 3.73. The number of hydrogen-bond acceptors (Lipinski definition) is 3. The largest absolute Gasteiger partial charge is 0.496 e. The third-order valence-corrected chi connectivity index (χ3v) is 3.33. The molecule has 0 unspecified atom stereocenters. The molecule has 0 radical (unpaired) electrons. The Bertz CT molecular complexity index is 353. The lowest BCUT2D eigenvalue weighted by atomic mass is 10.1. The Morgan fingerprint density at radius 2 is 1.84 bits per heavy atom. The highest BCUT2D eigenvalue weighted by Crippen LogP contribution is 2.21. The van der Waals surface area contributed by atoms with Gasteiger partial charge in [0.25, 0.3) is 0 Å².